The summed E-state index contributed by atoms with van der Waals surface area (Å²) in [6.45, 7) is 5.67. The molecule has 5 aliphatic rings. The number of hydrogen-bond donors (Lipinski definition) is 1. The number of nitrogens with zero attached hydrogens (tertiary/aromatic N) is 1. The molecule has 1 aromatic rings. The number of aliphatic hydroxyl groups is 1. The van der Waals surface area contributed by atoms with E-state index in [0.717, 1.165) is 49.1 Å². The van der Waals surface area contributed by atoms with Crippen LogP contribution in [-0.4, -0.2) is 42.4 Å². The van der Waals surface area contributed by atoms with E-state index < -0.39 is 6.10 Å². The first-order valence-corrected chi connectivity index (χ1v) is 11.7. The third-order valence-electron chi connectivity index (χ3n) is 8.29. The Kier molecular flexibility index (Phi) is 6.49. The average molecular weight is 419 g/mol. The molecule has 1 aromatic carbocycles. The van der Waals surface area contributed by atoms with Crippen LogP contribution in [0.25, 0.3) is 0 Å². The Morgan fingerprint density at radius 1 is 1.00 bits per heavy atom. The fraction of sp³-hybridized carbons (Fsp3) is 0.760. The molecule has 0 spiro atoms. The standard InChI is InChI=1S/C25H37NO2.ClH/c1-18-6-8-26(9-7-18)16-23(27)17-28-24-4-2-22(3-5-24)25-13-19-10-20(14-25)12-21(11-19)15-25;/h2-5,18-21,23,27H,6-17H2,1H3;1H/p-1. The van der Waals surface area contributed by atoms with Gasteiger partial charge in [-0.2, -0.15) is 0 Å². The lowest BCUT2D eigenvalue weighted by atomic mass is 9.48. The fourth-order valence-electron chi connectivity index (χ4n) is 7.16. The fourth-order valence-corrected chi connectivity index (χ4v) is 7.16. The summed E-state index contributed by atoms with van der Waals surface area (Å²) in [5.41, 5.74) is 2.00. The number of benzene rings is 1. The maximum Gasteiger partial charge on any atom is 0.119 e. The predicted octanol–water partition coefficient (Wildman–Crippen LogP) is 1.63. The second-order valence-electron chi connectivity index (χ2n) is 10.7. The highest BCUT2D eigenvalue weighted by atomic mass is 35.5. The maximum absolute atomic E-state index is 10.4. The van der Waals surface area contributed by atoms with Gasteiger partial charge in [0.15, 0.2) is 0 Å². The van der Waals surface area contributed by atoms with E-state index in [2.05, 4.69) is 36.1 Å². The van der Waals surface area contributed by atoms with Crippen LogP contribution in [0.3, 0.4) is 0 Å². The zero-order chi connectivity index (χ0) is 19.1. The van der Waals surface area contributed by atoms with Crippen LogP contribution in [0.2, 0.25) is 0 Å². The monoisotopic (exact) mass is 418 g/mol. The first-order valence-electron chi connectivity index (χ1n) is 11.7. The van der Waals surface area contributed by atoms with Gasteiger partial charge in [0, 0.05) is 6.54 Å². The van der Waals surface area contributed by atoms with Gasteiger partial charge in [-0.25, -0.2) is 0 Å². The Morgan fingerprint density at radius 3 is 2.10 bits per heavy atom. The molecule has 4 saturated carbocycles. The molecule has 0 aromatic heterocycles. The van der Waals surface area contributed by atoms with Crippen LogP contribution >= 0.6 is 0 Å². The Morgan fingerprint density at radius 2 is 1.55 bits per heavy atom. The molecular formula is C25H37ClNO2-. The van der Waals surface area contributed by atoms with Gasteiger partial charge >= 0.3 is 0 Å². The van der Waals surface area contributed by atoms with Gasteiger partial charge in [-0.15, -0.1) is 0 Å². The average Bonchev–Trinajstić information content (AvgIpc) is 2.68. The van der Waals surface area contributed by atoms with Gasteiger partial charge in [0.2, 0.25) is 0 Å². The molecule has 4 heteroatoms. The Hall–Kier alpha value is -0.770. The third kappa shape index (κ3) is 4.62. The number of piperidine rings is 1. The van der Waals surface area contributed by atoms with E-state index >= 15 is 0 Å². The lowest BCUT2D eigenvalue weighted by Gasteiger charge is -2.57. The van der Waals surface area contributed by atoms with Gasteiger partial charge in [0.05, 0.1) is 0 Å². The second kappa shape index (κ2) is 8.77. The summed E-state index contributed by atoms with van der Waals surface area (Å²) < 4.78 is 5.93. The molecule has 1 N–H and O–H groups in total. The first kappa shape index (κ1) is 21.5. The highest BCUT2D eigenvalue weighted by Crippen LogP contribution is 2.60. The minimum atomic E-state index is -0.406. The molecule has 1 atom stereocenters. The summed E-state index contributed by atoms with van der Waals surface area (Å²) in [4.78, 5) is 2.38. The zero-order valence-electron chi connectivity index (χ0n) is 17.9. The summed E-state index contributed by atoms with van der Waals surface area (Å²) in [5, 5.41) is 10.4. The van der Waals surface area contributed by atoms with Crippen LogP contribution in [0.15, 0.2) is 24.3 Å². The summed E-state index contributed by atoms with van der Waals surface area (Å²) in [7, 11) is 0. The molecule has 3 nitrogen and oxygen atoms in total. The van der Waals surface area contributed by atoms with Crippen LogP contribution in [-0.2, 0) is 5.41 Å². The normalized spacial score (nSPS) is 35.3. The largest absolute Gasteiger partial charge is 1.00 e. The molecule has 4 bridgehead atoms. The number of aliphatic hydroxyl groups excluding tert-OH is 1. The molecule has 4 aliphatic carbocycles. The van der Waals surface area contributed by atoms with E-state index in [4.69, 9.17) is 4.74 Å². The van der Waals surface area contributed by atoms with Crippen LogP contribution in [0, 0.1) is 23.7 Å². The van der Waals surface area contributed by atoms with Crippen molar-refractivity contribution >= 4 is 0 Å². The Bertz CT molecular complexity index is 633. The van der Waals surface area contributed by atoms with Crippen molar-refractivity contribution in [3.8, 4) is 5.75 Å². The Balaban J connectivity index is 0.00000205. The zero-order valence-corrected chi connectivity index (χ0v) is 18.6. The van der Waals surface area contributed by atoms with Crippen molar-refractivity contribution < 1.29 is 22.3 Å². The molecule has 1 unspecified atom stereocenters. The minimum absolute atomic E-state index is 0. The molecule has 29 heavy (non-hydrogen) atoms. The number of rotatable bonds is 6. The molecule has 0 amide bonds. The van der Waals surface area contributed by atoms with Crippen molar-refractivity contribution in [2.24, 2.45) is 23.7 Å². The lowest BCUT2D eigenvalue weighted by Crippen LogP contribution is -3.00. The number of hydrogen-bond acceptors (Lipinski definition) is 3. The van der Waals surface area contributed by atoms with Gasteiger partial charge < -0.3 is 27.2 Å². The quantitative estimate of drug-likeness (QED) is 0.762. The van der Waals surface area contributed by atoms with Crippen molar-refractivity contribution in [3.63, 3.8) is 0 Å². The van der Waals surface area contributed by atoms with Crippen LogP contribution < -0.4 is 17.1 Å². The molecule has 0 radical (unpaired) electrons. The van der Waals surface area contributed by atoms with Crippen molar-refractivity contribution in [2.45, 2.75) is 69.8 Å². The van der Waals surface area contributed by atoms with Crippen molar-refractivity contribution in [1.29, 1.82) is 0 Å². The van der Waals surface area contributed by atoms with Gasteiger partial charge in [0.25, 0.3) is 0 Å². The molecule has 6 rings (SSSR count). The summed E-state index contributed by atoms with van der Waals surface area (Å²) in [6.07, 6.45) is 10.8. The van der Waals surface area contributed by atoms with E-state index in [1.165, 1.54) is 51.4 Å². The second-order valence-corrected chi connectivity index (χ2v) is 10.7. The lowest BCUT2D eigenvalue weighted by molar-refractivity contribution is -0.00524. The number of β-amino-alcohol motifs (C(OH)–C–C–N with tert-alkyl or cyclic N) is 1. The number of halogens is 1. The molecule has 1 heterocycles. The van der Waals surface area contributed by atoms with E-state index in [1.54, 1.807) is 5.56 Å². The SMILES string of the molecule is CC1CCN(CC(O)COc2ccc(C34CC5CC(CC(C5)C3)C4)cc2)CC1.[Cl-]. The molecule has 162 valence electrons. The maximum atomic E-state index is 10.4. The smallest absolute Gasteiger partial charge is 0.119 e. The Labute approximate surface area is 182 Å². The van der Waals surface area contributed by atoms with E-state index in [9.17, 15) is 5.11 Å². The van der Waals surface area contributed by atoms with Gasteiger partial charge in [-0.3, -0.25) is 0 Å². The number of ether oxygens (including phenoxy) is 1. The first-order chi connectivity index (χ1) is 13.6. The van der Waals surface area contributed by atoms with Gasteiger partial charge in [0.1, 0.15) is 18.5 Å². The molecule has 1 aliphatic heterocycles. The topological polar surface area (TPSA) is 32.7 Å². The highest BCUT2D eigenvalue weighted by Gasteiger charge is 2.51. The van der Waals surface area contributed by atoms with E-state index in [-0.39, 0.29) is 12.4 Å². The van der Waals surface area contributed by atoms with E-state index in [0.29, 0.717) is 12.0 Å². The van der Waals surface area contributed by atoms with E-state index in [1.807, 2.05) is 0 Å². The van der Waals surface area contributed by atoms with Crippen LogP contribution in [0.1, 0.15) is 63.9 Å². The highest BCUT2D eigenvalue weighted by molar-refractivity contribution is 5.34. The summed E-state index contributed by atoms with van der Waals surface area (Å²) in [6, 6.07) is 8.92. The summed E-state index contributed by atoms with van der Waals surface area (Å²) in [5.74, 6) is 4.68. The van der Waals surface area contributed by atoms with Gasteiger partial charge in [-0.05, 0) is 111 Å². The number of likely N-dealkylation sites (tertiary alicyclic amines) is 1. The van der Waals surface area contributed by atoms with Crippen molar-refractivity contribution in [1.82, 2.24) is 4.90 Å². The van der Waals surface area contributed by atoms with Gasteiger partial charge in [-0.1, -0.05) is 19.1 Å². The van der Waals surface area contributed by atoms with Crippen LogP contribution in [0.5, 0.6) is 5.75 Å². The predicted molar refractivity (Wildman–Crippen MR) is 113 cm³/mol. The molecule has 5 fully saturated rings. The minimum Gasteiger partial charge on any atom is -1.00 e. The molecular weight excluding hydrogens is 382 g/mol. The van der Waals surface area contributed by atoms with Crippen molar-refractivity contribution in [3.05, 3.63) is 29.8 Å². The van der Waals surface area contributed by atoms with Crippen molar-refractivity contribution in [2.75, 3.05) is 26.2 Å². The molecule has 1 saturated heterocycles. The summed E-state index contributed by atoms with van der Waals surface area (Å²) >= 11 is 0. The third-order valence-corrected chi connectivity index (χ3v) is 8.29. The van der Waals surface area contributed by atoms with Crippen LogP contribution in [0.4, 0.5) is 0 Å².